The first kappa shape index (κ1) is 10.2. The van der Waals surface area contributed by atoms with Crippen LogP contribution in [0.2, 0.25) is 0 Å². The van der Waals surface area contributed by atoms with Crippen molar-refractivity contribution in [1.82, 2.24) is 9.55 Å². The normalized spacial score (nSPS) is 14.1. The van der Waals surface area contributed by atoms with Gasteiger partial charge in [0.1, 0.15) is 5.82 Å². The van der Waals surface area contributed by atoms with Crippen molar-refractivity contribution >= 4 is 29.2 Å². The zero-order valence-electron chi connectivity index (χ0n) is 8.36. The van der Waals surface area contributed by atoms with Gasteiger partial charge in [0.2, 0.25) is 0 Å². The van der Waals surface area contributed by atoms with Crippen molar-refractivity contribution < 1.29 is 4.79 Å². The second-order valence-corrected chi connectivity index (χ2v) is 3.66. The van der Waals surface area contributed by atoms with E-state index in [-0.39, 0.29) is 18.2 Å². The van der Waals surface area contributed by atoms with Crippen molar-refractivity contribution in [2.75, 3.05) is 0 Å². The maximum absolute atomic E-state index is 11.6. The highest BCUT2D eigenvalue weighted by atomic mass is 35.5. The number of aromatic nitrogens is 2. The average molecular weight is 223 g/mol. The lowest BCUT2D eigenvalue weighted by Crippen LogP contribution is -2.14. The summed E-state index contributed by atoms with van der Waals surface area (Å²) in [5, 5.41) is 0. The van der Waals surface area contributed by atoms with E-state index in [0.717, 1.165) is 29.0 Å². The molecule has 3 rings (SSSR count). The Bertz CT molecular complexity index is 545. The van der Waals surface area contributed by atoms with Crippen molar-refractivity contribution in [3.8, 4) is 0 Å². The topological polar surface area (TPSA) is 34.9 Å². The Morgan fingerprint density at radius 1 is 1.40 bits per heavy atom. The van der Waals surface area contributed by atoms with Crippen LogP contribution in [0.5, 0.6) is 0 Å². The van der Waals surface area contributed by atoms with Gasteiger partial charge >= 0.3 is 0 Å². The number of hydrogen-bond acceptors (Lipinski definition) is 2. The highest BCUT2D eigenvalue weighted by Crippen LogP contribution is 2.25. The van der Waals surface area contributed by atoms with E-state index in [0.29, 0.717) is 6.42 Å². The number of rotatable bonds is 0. The summed E-state index contributed by atoms with van der Waals surface area (Å²) >= 11 is 0. The molecule has 1 aliphatic heterocycles. The predicted molar refractivity (Wildman–Crippen MR) is 60.7 cm³/mol. The number of hydrogen-bond donors (Lipinski definition) is 0. The molecule has 0 amide bonds. The van der Waals surface area contributed by atoms with E-state index in [2.05, 4.69) is 9.55 Å². The fourth-order valence-electron chi connectivity index (χ4n) is 2.15. The van der Waals surface area contributed by atoms with Crippen molar-refractivity contribution in [2.45, 2.75) is 19.9 Å². The van der Waals surface area contributed by atoms with Gasteiger partial charge in [-0.2, -0.15) is 0 Å². The van der Waals surface area contributed by atoms with Crippen LogP contribution in [0.4, 0.5) is 0 Å². The lowest BCUT2D eigenvalue weighted by molar-refractivity contribution is 0.0973. The third kappa shape index (κ3) is 1.27. The van der Waals surface area contributed by atoms with Crippen molar-refractivity contribution in [1.29, 1.82) is 0 Å². The first-order chi connectivity index (χ1) is 6.77. The second kappa shape index (κ2) is 3.35. The summed E-state index contributed by atoms with van der Waals surface area (Å²) in [6.07, 6.45) is 0.601. The van der Waals surface area contributed by atoms with Gasteiger partial charge in [-0.1, -0.05) is 6.07 Å². The highest BCUT2D eigenvalue weighted by molar-refractivity contribution is 6.07. The van der Waals surface area contributed by atoms with Crippen molar-refractivity contribution in [2.24, 2.45) is 0 Å². The maximum atomic E-state index is 11.6. The van der Waals surface area contributed by atoms with Crippen molar-refractivity contribution in [3.63, 3.8) is 0 Å². The molecule has 1 aromatic carbocycles. The summed E-state index contributed by atoms with van der Waals surface area (Å²) in [6.45, 7) is 2.76. The molecule has 2 aromatic rings. The Kier molecular flexibility index (Phi) is 2.27. The number of Topliss-reactive ketones (excluding diaryl/α,β-unsaturated/α-hetero) is 1. The molecule has 0 atom stereocenters. The summed E-state index contributed by atoms with van der Waals surface area (Å²) in [5.41, 5.74) is 2.78. The lowest BCUT2D eigenvalue weighted by atomic mass is 10.0. The molecule has 0 fully saturated rings. The summed E-state index contributed by atoms with van der Waals surface area (Å²) in [6, 6.07) is 5.75. The average Bonchev–Trinajstić information content (AvgIpc) is 2.50. The van der Waals surface area contributed by atoms with Gasteiger partial charge in [0, 0.05) is 18.5 Å². The molecule has 0 saturated carbocycles. The van der Waals surface area contributed by atoms with E-state index in [1.165, 1.54) is 0 Å². The van der Waals surface area contributed by atoms with Gasteiger partial charge in [0.15, 0.2) is 5.78 Å². The van der Waals surface area contributed by atoms with Crippen LogP contribution in [0.3, 0.4) is 0 Å². The fourth-order valence-corrected chi connectivity index (χ4v) is 2.15. The third-order valence-electron chi connectivity index (χ3n) is 2.82. The van der Waals surface area contributed by atoms with Crippen LogP contribution in [0, 0.1) is 6.92 Å². The van der Waals surface area contributed by atoms with E-state index in [9.17, 15) is 4.79 Å². The fraction of sp³-hybridized carbons (Fsp3) is 0.273. The molecule has 0 radical (unpaired) electrons. The molecule has 0 bridgehead atoms. The molecule has 0 aliphatic carbocycles. The largest absolute Gasteiger partial charge is 0.327 e. The van der Waals surface area contributed by atoms with Gasteiger partial charge in [-0.25, -0.2) is 4.98 Å². The van der Waals surface area contributed by atoms with Gasteiger partial charge < -0.3 is 4.57 Å². The predicted octanol–water partition coefficient (Wildman–Crippen LogP) is 2.35. The molecule has 0 spiro atoms. The molecule has 0 N–H and O–H groups in total. The minimum atomic E-state index is 0. The molecule has 1 aliphatic rings. The second-order valence-electron chi connectivity index (χ2n) is 3.66. The van der Waals surface area contributed by atoms with E-state index >= 15 is 0 Å². The number of aryl methyl sites for hydroxylation is 2. The van der Waals surface area contributed by atoms with E-state index in [1.54, 1.807) is 0 Å². The minimum absolute atomic E-state index is 0. The van der Waals surface area contributed by atoms with Gasteiger partial charge in [-0.15, -0.1) is 12.4 Å². The summed E-state index contributed by atoms with van der Waals surface area (Å²) in [5.74, 6) is 1.24. The number of halogens is 1. The van der Waals surface area contributed by atoms with Gasteiger partial charge in [-0.05, 0) is 19.1 Å². The monoisotopic (exact) mass is 222 g/mol. The van der Waals surface area contributed by atoms with Crippen LogP contribution >= 0.6 is 12.4 Å². The van der Waals surface area contributed by atoms with Crippen LogP contribution in [0.1, 0.15) is 22.6 Å². The molecule has 78 valence electrons. The molecule has 4 heteroatoms. The van der Waals surface area contributed by atoms with E-state index in [1.807, 2.05) is 25.1 Å². The number of carbonyl (C=O) groups excluding carboxylic acids is 1. The number of imidazole rings is 1. The zero-order valence-corrected chi connectivity index (χ0v) is 9.17. The number of para-hydroxylation sites is 1. The molecule has 3 nitrogen and oxygen atoms in total. The Balaban J connectivity index is 0.000000853. The standard InChI is InChI=1S/C11H10N2O.ClH/c1-7-12-9-4-2-3-8-10(14)5-6-13(7)11(8)9;/h2-4H,5-6H2,1H3;1H. The van der Waals surface area contributed by atoms with Crippen LogP contribution < -0.4 is 0 Å². The van der Waals surface area contributed by atoms with Crippen LogP contribution in [0.25, 0.3) is 11.0 Å². The Hall–Kier alpha value is -1.35. The summed E-state index contributed by atoms with van der Waals surface area (Å²) < 4.78 is 2.13. The number of ketones is 1. The maximum Gasteiger partial charge on any atom is 0.166 e. The zero-order chi connectivity index (χ0) is 9.71. The van der Waals surface area contributed by atoms with Crippen LogP contribution in [-0.4, -0.2) is 15.3 Å². The van der Waals surface area contributed by atoms with Gasteiger partial charge in [0.25, 0.3) is 0 Å². The van der Waals surface area contributed by atoms with E-state index < -0.39 is 0 Å². The molecule has 0 saturated heterocycles. The summed E-state index contributed by atoms with van der Waals surface area (Å²) in [7, 11) is 0. The molecular formula is C11H11ClN2O. The Labute approximate surface area is 93.5 Å². The first-order valence-corrected chi connectivity index (χ1v) is 4.76. The molecule has 2 heterocycles. The Morgan fingerprint density at radius 2 is 2.20 bits per heavy atom. The van der Waals surface area contributed by atoms with Crippen LogP contribution in [-0.2, 0) is 6.54 Å². The van der Waals surface area contributed by atoms with Gasteiger partial charge in [0.05, 0.1) is 11.0 Å². The molecule has 1 aromatic heterocycles. The van der Waals surface area contributed by atoms with Crippen molar-refractivity contribution in [3.05, 3.63) is 29.6 Å². The molecular weight excluding hydrogens is 212 g/mol. The SMILES string of the molecule is Cc1nc2cccc3c2n1CCC3=O.Cl. The van der Waals surface area contributed by atoms with Crippen LogP contribution in [0.15, 0.2) is 18.2 Å². The highest BCUT2D eigenvalue weighted by Gasteiger charge is 2.20. The lowest BCUT2D eigenvalue weighted by Gasteiger charge is -2.14. The van der Waals surface area contributed by atoms with Gasteiger partial charge in [-0.3, -0.25) is 4.79 Å². The number of nitrogens with zero attached hydrogens (tertiary/aromatic N) is 2. The quantitative estimate of drug-likeness (QED) is 0.686. The third-order valence-corrected chi connectivity index (χ3v) is 2.82. The number of benzene rings is 1. The Morgan fingerprint density at radius 3 is 3.00 bits per heavy atom. The number of carbonyl (C=O) groups is 1. The van der Waals surface area contributed by atoms with E-state index in [4.69, 9.17) is 0 Å². The summed E-state index contributed by atoms with van der Waals surface area (Å²) in [4.78, 5) is 16.1. The molecule has 15 heavy (non-hydrogen) atoms. The first-order valence-electron chi connectivity index (χ1n) is 4.76. The minimum Gasteiger partial charge on any atom is -0.327 e. The molecule has 0 unspecified atom stereocenters. The smallest absolute Gasteiger partial charge is 0.166 e.